The third-order valence-electron chi connectivity index (χ3n) is 3.42. The number of hydrogen-bond acceptors (Lipinski definition) is 3. The van der Waals surface area contributed by atoms with Gasteiger partial charge in [0.25, 0.3) is 0 Å². The number of rotatable bonds is 2. The summed E-state index contributed by atoms with van der Waals surface area (Å²) in [5.74, 6) is 0. The highest BCUT2D eigenvalue weighted by Crippen LogP contribution is 2.24. The predicted octanol–water partition coefficient (Wildman–Crippen LogP) is 0.997. The van der Waals surface area contributed by atoms with Gasteiger partial charge in [0.2, 0.25) is 0 Å². The van der Waals surface area contributed by atoms with Crippen molar-refractivity contribution in [3.63, 3.8) is 0 Å². The zero-order valence-electron chi connectivity index (χ0n) is 10.8. The molecule has 1 fully saturated rings. The van der Waals surface area contributed by atoms with E-state index >= 15 is 0 Å². The van der Waals surface area contributed by atoms with Crippen LogP contribution in [0.15, 0.2) is 0 Å². The van der Waals surface area contributed by atoms with Crippen LogP contribution in [0, 0.1) is 5.41 Å². The van der Waals surface area contributed by atoms with Crippen LogP contribution in [0.25, 0.3) is 0 Å². The lowest BCUT2D eigenvalue weighted by atomic mass is 9.85. The topological polar surface area (TPSA) is 32.5 Å². The number of nitrogens with two attached hydrogens (primary N) is 1. The Bertz CT molecular complexity index is 186. The van der Waals surface area contributed by atoms with Crippen molar-refractivity contribution in [1.82, 2.24) is 9.80 Å². The van der Waals surface area contributed by atoms with E-state index in [2.05, 4.69) is 37.6 Å². The molecule has 3 nitrogen and oxygen atoms in total. The molecule has 0 amide bonds. The van der Waals surface area contributed by atoms with Gasteiger partial charge in [0.15, 0.2) is 0 Å². The molecule has 1 unspecified atom stereocenters. The molecule has 2 N–H and O–H groups in total. The Balaban J connectivity index is 2.60. The maximum Gasteiger partial charge on any atom is 0.0267 e. The van der Waals surface area contributed by atoms with Crippen LogP contribution >= 0.6 is 0 Å². The first-order valence-electron chi connectivity index (χ1n) is 6.08. The lowest BCUT2D eigenvalue weighted by Crippen LogP contribution is -2.49. The zero-order chi connectivity index (χ0) is 11.5. The van der Waals surface area contributed by atoms with Gasteiger partial charge in [-0.1, -0.05) is 20.8 Å². The van der Waals surface area contributed by atoms with Gasteiger partial charge in [0.05, 0.1) is 0 Å². The first-order chi connectivity index (χ1) is 6.95. The van der Waals surface area contributed by atoms with Gasteiger partial charge in [-0.15, -0.1) is 0 Å². The summed E-state index contributed by atoms with van der Waals surface area (Å²) in [5.41, 5.74) is 6.21. The normalized spacial score (nSPS) is 23.8. The van der Waals surface area contributed by atoms with Crippen molar-refractivity contribution in [3.8, 4) is 0 Å². The van der Waals surface area contributed by atoms with Crippen molar-refractivity contribution in [2.45, 2.75) is 33.2 Å². The van der Waals surface area contributed by atoms with Crippen LogP contribution in [-0.2, 0) is 0 Å². The maximum absolute atomic E-state index is 5.92. The molecule has 0 spiro atoms. The fourth-order valence-electron chi connectivity index (χ4n) is 2.43. The molecule has 1 atom stereocenters. The Kier molecular flexibility index (Phi) is 4.56. The summed E-state index contributed by atoms with van der Waals surface area (Å²) in [6.45, 7) is 12.4. The molecular formula is C12H27N3. The second kappa shape index (κ2) is 5.28. The summed E-state index contributed by atoms with van der Waals surface area (Å²) in [4.78, 5) is 4.99. The minimum absolute atomic E-state index is 0.289. The lowest BCUT2D eigenvalue weighted by Gasteiger charge is -2.39. The largest absolute Gasteiger partial charge is 0.329 e. The van der Waals surface area contributed by atoms with E-state index in [-0.39, 0.29) is 5.41 Å². The first kappa shape index (κ1) is 12.9. The molecule has 0 bridgehead atoms. The molecule has 0 aromatic heterocycles. The summed E-state index contributed by atoms with van der Waals surface area (Å²) in [6.07, 6.45) is 1.27. The van der Waals surface area contributed by atoms with Crippen molar-refractivity contribution in [2.75, 3.05) is 39.8 Å². The molecule has 15 heavy (non-hydrogen) atoms. The molecule has 0 aromatic rings. The van der Waals surface area contributed by atoms with Gasteiger partial charge >= 0.3 is 0 Å². The average molecular weight is 213 g/mol. The molecule has 1 aliphatic rings. The Morgan fingerprint density at radius 3 is 2.33 bits per heavy atom. The van der Waals surface area contributed by atoms with Crippen LogP contribution in [-0.4, -0.2) is 55.6 Å². The van der Waals surface area contributed by atoms with Gasteiger partial charge in [-0.25, -0.2) is 0 Å². The predicted molar refractivity (Wildman–Crippen MR) is 66.0 cm³/mol. The van der Waals surface area contributed by atoms with Crippen molar-refractivity contribution in [3.05, 3.63) is 0 Å². The van der Waals surface area contributed by atoms with E-state index in [4.69, 9.17) is 5.73 Å². The monoisotopic (exact) mass is 213 g/mol. The fraction of sp³-hybridized carbons (Fsp3) is 1.00. The quantitative estimate of drug-likeness (QED) is 0.743. The van der Waals surface area contributed by atoms with Crippen LogP contribution in [0.1, 0.15) is 27.2 Å². The van der Waals surface area contributed by atoms with E-state index < -0.39 is 0 Å². The lowest BCUT2D eigenvalue weighted by molar-refractivity contribution is 0.109. The number of likely N-dealkylation sites (N-methyl/N-ethyl adjacent to an activating group) is 1. The molecule has 3 heteroatoms. The molecule has 1 heterocycles. The molecule has 1 rings (SSSR count). The Morgan fingerprint density at radius 1 is 1.13 bits per heavy atom. The molecule has 0 aromatic carbocycles. The van der Waals surface area contributed by atoms with E-state index in [0.29, 0.717) is 6.04 Å². The Morgan fingerprint density at radius 2 is 1.80 bits per heavy atom. The average Bonchev–Trinajstić information content (AvgIpc) is 2.30. The van der Waals surface area contributed by atoms with Gasteiger partial charge in [-0.2, -0.15) is 0 Å². The molecule has 1 aliphatic heterocycles. The van der Waals surface area contributed by atoms with Gasteiger partial charge in [0.1, 0.15) is 0 Å². The molecule has 0 radical (unpaired) electrons. The van der Waals surface area contributed by atoms with Crippen molar-refractivity contribution < 1.29 is 0 Å². The van der Waals surface area contributed by atoms with Gasteiger partial charge in [-0.05, 0) is 32.0 Å². The second-order valence-electron chi connectivity index (χ2n) is 5.81. The Labute approximate surface area is 94.6 Å². The molecule has 1 saturated heterocycles. The van der Waals surface area contributed by atoms with Crippen molar-refractivity contribution in [1.29, 1.82) is 0 Å². The first-order valence-corrected chi connectivity index (χ1v) is 6.08. The van der Waals surface area contributed by atoms with Crippen LogP contribution in [0.4, 0.5) is 0 Å². The molecule has 90 valence electrons. The van der Waals surface area contributed by atoms with Crippen molar-refractivity contribution >= 4 is 0 Å². The second-order valence-corrected chi connectivity index (χ2v) is 5.81. The van der Waals surface area contributed by atoms with Crippen LogP contribution in [0.3, 0.4) is 0 Å². The minimum atomic E-state index is 0.289. The van der Waals surface area contributed by atoms with Crippen LogP contribution in [0.5, 0.6) is 0 Å². The van der Waals surface area contributed by atoms with E-state index in [9.17, 15) is 0 Å². The van der Waals surface area contributed by atoms with E-state index in [1.807, 2.05) is 0 Å². The van der Waals surface area contributed by atoms with Crippen molar-refractivity contribution in [2.24, 2.45) is 11.1 Å². The fourth-order valence-corrected chi connectivity index (χ4v) is 2.43. The molecule has 0 aliphatic carbocycles. The minimum Gasteiger partial charge on any atom is -0.329 e. The molecule has 0 saturated carbocycles. The van der Waals surface area contributed by atoms with E-state index in [0.717, 1.165) is 13.1 Å². The highest BCUT2D eigenvalue weighted by molar-refractivity contribution is 4.85. The third-order valence-corrected chi connectivity index (χ3v) is 3.42. The summed E-state index contributed by atoms with van der Waals surface area (Å²) in [5, 5.41) is 0. The smallest absolute Gasteiger partial charge is 0.0267 e. The Hall–Kier alpha value is -0.120. The van der Waals surface area contributed by atoms with E-state index in [1.165, 1.54) is 26.1 Å². The number of hydrogen-bond donors (Lipinski definition) is 1. The standard InChI is InChI=1S/C12H27N3/c1-12(2,3)11(10-13)15-7-5-6-14(4)8-9-15/h11H,5-10,13H2,1-4H3. The summed E-state index contributed by atoms with van der Waals surface area (Å²) in [6, 6.07) is 0.518. The summed E-state index contributed by atoms with van der Waals surface area (Å²) in [7, 11) is 2.21. The third kappa shape index (κ3) is 3.74. The highest BCUT2D eigenvalue weighted by Gasteiger charge is 2.29. The summed E-state index contributed by atoms with van der Waals surface area (Å²) < 4.78 is 0. The highest BCUT2D eigenvalue weighted by atomic mass is 15.2. The SMILES string of the molecule is CN1CCCN(C(CN)C(C)(C)C)CC1. The van der Waals surface area contributed by atoms with E-state index in [1.54, 1.807) is 0 Å². The molecular weight excluding hydrogens is 186 g/mol. The van der Waals surface area contributed by atoms with Gasteiger partial charge < -0.3 is 10.6 Å². The number of nitrogens with zero attached hydrogens (tertiary/aromatic N) is 2. The maximum atomic E-state index is 5.92. The van der Waals surface area contributed by atoms with Gasteiger partial charge in [-0.3, -0.25) is 4.90 Å². The van der Waals surface area contributed by atoms with Crippen LogP contribution < -0.4 is 5.73 Å². The zero-order valence-corrected chi connectivity index (χ0v) is 10.8. The van der Waals surface area contributed by atoms with Gasteiger partial charge in [0, 0.05) is 25.7 Å². The van der Waals surface area contributed by atoms with Crippen LogP contribution in [0.2, 0.25) is 0 Å². The summed E-state index contributed by atoms with van der Waals surface area (Å²) >= 11 is 0.